The normalized spacial score (nSPS) is 14.9. The fourth-order valence-corrected chi connectivity index (χ4v) is 1.27. The minimum atomic E-state index is -0.122. The zero-order chi connectivity index (χ0) is 10.5. The minimum Gasteiger partial charge on any atom is -0.438 e. The quantitative estimate of drug-likeness (QED) is 0.420. The van der Waals surface area contributed by atoms with E-state index in [9.17, 15) is 4.79 Å². The van der Waals surface area contributed by atoms with Crippen LogP contribution < -0.4 is 0 Å². The second-order valence-electron chi connectivity index (χ2n) is 3.69. The number of hydrogen-bond donors (Lipinski definition) is 0. The van der Waals surface area contributed by atoms with E-state index in [0.29, 0.717) is 6.61 Å². The third kappa shape index (κ3) is 3.36. The van der Waals surface area contributed by atoms with Gasteiger partial charge in [0, 0.05) is 0 Å². The van der Waals surface area contributed by atoms with Gasteiger partial charge in [0.2, 0.25) is 0 Å². The molecule has 1 saturated carbocycles. The molecule has 0 N–H and O–H groups in total. The van der Waals surface area contributed by atoms with Gasteiger partial charge < -0.3 is 9.47 Å². The molecular formula is C12H14O3. The molecule has 0 aliphatic heterocycles. The predicted molar refractivity (Wildman–Crippen MR) is 54.9 cm³/mol. The summed E-state index contributed by atoms with van der Waals surface area (Å²) in [6, 6.07) is 9.81. The van der Waals surface area contributed by atoms with Crippen LogP contribution in [0.3, 0.4) is 0 Å². The first-order chi connectivity index (χ1) is 7.36. The maximum Gasteiger partial charge on any atom is 0.311 e. The second-order valence-corrected chi connectivity index (χ2v) is 3.69. The number of benzene rings is 1. The monoisotopic (exact) mass is 206 g/mol. The number of carbonyl (C=O) groups is 1. The fraction of sp³-hybridized carbons (Fsp3) is 0.417. The standard InChI is InChI=1S/C12H14O3/c13-12(11-6-7-11)15-9-14-8-10-4-2-1-3-5-10/h1-5,11H,6-9H2. The van der Waals surface area contributed by atoms with E-state index in [2.05, 4.69) is 0 Å². The average Bonchev–Trinajstić information content (AvgIpc) is 3.09. The lowest BCUT2D eigenvalue weighted by Gasteiger charge is -2.05. The molecule has 1 aromatic rings. The van der Waals surface area contributed by atoms with Crippen LogP contribution in [0.5, 0.6) is 0 Å². The molecule has 0 radical (unpaired) electrons. The SMILES string of the molecule is O=C(OCOCc1ccccc1)C1CC1. The molecule has 1 fully saturated rings. The number of ether oxygens (including phenoxy) is 2. The largest absolute Gasteiger partial charge is 0.438 e. The first-order valence-electron chi connectivity index (χ1n) is 5.14. The lowest BCUT2D eigenvalue weighted by molar-refractivity contribution is -0.158. The third-order valence-electron chi connectivity index (χ3n) is 2.31. The van der Waals surface area contributed by atoms with Crippen LogP contribution in [0, 0.1) is 5.92 Å². The summed E-state index contributed by atoms with van der Waals surface area (Å²) in [5.74, 6) is 0.0217. The zero-order valence-corrected chi connectivity index (χ0v) is 8.52. The van der Waals surface area contributed by atoms with Gasteiger partial charge in [0.25, 0.3) is 0 Å². The van der Waals surface area contributed by atoms with Gasteiger partial charge >= 0.3 is 5.97 Å². The van der Waals surface area contributed by atoms with Gasteiger partial charge in [0.1, 0.15) is 0 Å². The molecule has 0 spiro atoms. The Morgan fingerprint density at radius 1 is 1.27 bits per heavy atom. The van der Waals surface area contributed by atoms with Gasteiger partial charge in [0.15, 0.2) is 6.79 Å². The van der Waals surface area contributed by atoms with Crippen LogP contribution >= 0.6 is 0 Å². The van der Waals surface area contributed by atoms with Crippen LogP contribution in [0.4, 0.5) is 0 Å². The highest BCUT2D eigenvalue weighted by Gasteiger charge is 2.31. The molecule has 80 valence electrons. The molecule has 0 saturated heterocycles. The van der Waals surface area contributed by atoms with E-state index in [1.807, 2.05) is 30.3 Å². The van der Waals surface area contributed by atoms with Crippen molar-refractivity contribution in [2.24, 2.45) is 5.92 Å². The summed E-state index contributed by atoms with van der Waals surface area (Å²) in [7, 11) is 0. The molecular weight excluding hydrogens is 192 g/mol. The molecule has 15 heavy (non-hydrogen) atoms. The first-order valence-corrected chi connectivity index (χ1v) is 5.14. The third-order valence-corrected chi connectivity index (χ3v) is 2.31. The van der Waals surface area contributed by atoms with E-state index in [-0.39, 0.29) is 18.7 Å². The Kier molecular flexibility index (Phi) is 3.35. The molecule has 0 bridgehead atoms. The molecule has 3 heteroatoms. The molecule has 1 aliphatic rings. The van der Waals surface area contributed by atoms with Crippen molar-refractivity contribution in [2.45, 2.75) is 19.4 Å². The molecule has 0 unspecified atom stereocenters. The van der Waals surface area contributed by atoms with Crippen molar-refractivity contribution < 1.29 is 14.3 Å². The average molecular weight is 206 g/mol. The molecule has 0 heterocycles. The number of rotatable bonds is 5. The predicted octanol–water partition coefficient (Wildman–Crippen LogP) is 2.11. The van der Waals surface area contributed by atoms with Crippen LogP contribution in [0.1, 0.15) is 18.4 Å². The molecule has 0 amide bonds. The van der Waals surface area contributed by atoms with Gasteiger partial charge in [-0.1, -0.05) is 30.3 Å². The Labute approximate surface area is 89.0 Å². The van der Waals surface area contributed by atoms with Crippen molar-refractivity contribution in [3.05, 3.63) is 35.9 Å². The van der Waals surface area contributed by atoms with Gasteiger partial charge in [-0.15, -0.1) is 0 Å². The molecule has 0 aromatic heterocycles. The van der Waals surface area contributed by atoms with Gasteiger partial charge in [0.05, 0.1) is 12.5 Å². The highest BCUT2D eigenvalue weighted by atomic mass is 16.7. The van der Waals surface area contributed by atoms with E-state index in [0.717, 1.165) is 18.4 Å². The van der Waals surface area contributed by atoms with E-state index in [1.165, 1.54) is 0 Å². The molecule has 2 rings (SSSR count). The van der Waals surface area contributed by atoms with Crippen LogP contribution in [-0.2, 0) is 20.9 Å². The van der Waals surface area contributed by atoms with Crippen molar-refractivity contribution in [3.63, 3.8) is 0 Å². The fourth-order valence-electron chi connectivity index (χ4n) is 1.27. The Morgan fingerprint density at radius 3 is 2.67 bits per heavy atom. The molecule has 0 atom stereocenters. The van der Waals surface area contributed by atoms with Gasteiger partial charge in [-0.3, -0.25) is 4.79 Å². The molecule has 3 nitrogen and oxygen atoms in total. The van der Waals surface area contributed by atoms with E-state index in [1.54, 1.807) is 0 Å². The maximum absolute atomic E-state index is 11.1. The minimum absolute atomic E-state index is 0.0597. The van der Waals surface area contributed by atoms with Crippen molar-refractivity contribution >= 4 is 5.97 Å². The summed E-state index contributed by atoms with van der Waals surface area (Å²) >= 11 is 0. The lowest BCUT2D eigenvalue weighted by Crippen LogP contribution is -2.09. The van der Waals surface area contributed by atoms with Crippen LogP contribution in [0.15, 0.2) is 30.3 Å². The van der Waals surface area contributed by atoms with Crippen molar-refractivity contribution in [3.8, 4) is 0 Å². The van der Waals surface area contributed by atoms with Crippen molar-refractivity contribution in [1.82, 2.24) is 0 Å². The Balaban J connectivity index is 1.60. The number of hydrogen-bond acceptors (Lipinski definition) is 3. The van der Waals surface area contributed by atoms with E-state index >= 15 is 0 Å². The smallest absolute Gasteiger partial charge is 0.311 e. The second kappa shape index (κ2) is 4.94. The zero-order valence-electron chi connectivity index (χ0n) is 8.52. The summed E-state index contributed by atoms with van der Waals surface area (Å²) in [6.07, 6.45) is 1.94. The summed E-state index contributed by atoms with van der Waals surface area (Å²) in [6.45, 7) is 0.545. The van der Waals surface area contributed by atoms with Crippen molar-refractivity contribution in [2.75, 3.05) is 6.79 Å². The highest BCUT2D eigenvalue weighted by Crippen LogP contribution is 2.29. The molecule has 1 aromatic carbocycles. The Bertz CT molecular complexity index is 317. The summed E-state index contributed by atoms with van der Waals surface area (Å²) in [5.41, 5.74) is 1.08. The summed E-state index contributed by atoms with van der Waals surface area (Å²) in [5, 5.41) is 0. The summed E-state index contributed by atoms with van der Waals surface area (Å²) in [4.78, 5) is 11.1. The number of carbonyl (C=O) groups excluding carboxylic acids is 1. The van der Waals surface area contributed by atoms with Crippen LogP contribution in [0.2, 0.25) is 0 Å². The van der Waals surface area contributed by atoms with E-state index < -0.39 is 0 Å². The van der Waals surface area contributed by atoms with Gasteiger partial charge in [-0.05, 0) is 18.4 Å². The first kappa shape index (κ1) is 10.2. The van der Waals surface area contributed by atoms with Crippen molar-refractivity contribution in [1.29, 1.82) is 0 Å². The van der Waals surface area contributed by atoms with E-state index in [4.69, 9.17) is 9.47 Å². The van der Waals surface area contributed by atoms with Gasteiger partial charge in [-0.25, -0.2) is 0 Å². The highest BCUT2D eigenvalue weighted by molar-refractivity contribution is 5.74. The number of esters is 1. The van der Waals surface area contributed by atoms with Crippen LogP contribution in [0.25, 0.3) is 0 Å². The van der Waals surface area contributed by atoms with Crippen LogP contribution in [-0.4, -0.2) is 12.8 Å². The maximum atomic E-state index is 11.1. The Hall–Kier alpha value is -1.35. The lowest BCUT2D eigenvalue weighted by atomic mass is 10.2. The summed E-state index contributed by atoms with van der Waals surface area (Å²) < 4.78 is 10.2. The molecule has 1 aliphatic carbocycles. The topological polar surface area (TPSA) is 35.5 Å². The van der Waals surface area contributed by atoms with Gasteiger partial charge in [-0.2, -0.15) is 0 Å². The Morgan fingerprint density at radius 2 is 2.00 bits per heavy atom.